The lowest BCUT2D eigenvalue weighted by atomic mass is 10.1. The van der Waals surface area contributed by atoms with Crippen molar-refractivity contribution >= 4 is 28.9 Å². The number of carbonyl (C=O) groups excluding carboxylic acids is 1. The monoisotopic (exact) mass is 256 g/mol. The van der Waals surface area contributed by atoms with E-state index in [0.29, 0.717) is 0 Å². The summed E-state index contributed by atoms with van der Waals surface area (Å²) in [6, 6.07) is 3.52. The van der Waals surface area contributed by atoms with Crippen LogP contribution in [0.4, 0.5) is 11.4 Å². The van der Waals surface area contributed by atoms with Crippen LogP contribution < -0.4 is 5.73 Å². The number of nitrogens with zero attached hydrogens (tertiary/aromatic N) is 1. The van der Waals surface area contributed by atoms with E-state index in [2.05, 4.69) is 6.58 Å². The van der Waals surface area contributed by atoms with Gasteiger partial charge in [0.25, 0.3) is 5.69 Å². The van der Waals surface area contributed by atoms with Gasteiger partial charge in [-0.1, -0.05) is 18.2 Å². The van der Waals surface area contributed by atoms with E-state index in [0.717, 1.165) is 6.07 Å². The number of carbonyl (C=O) groups is 1. The zero-order valence-electron chi connectivity index (χ0n) is 8.68. The van der Waals surface area contributed by atoms with Gasteiger partial charge in [0.1, 0.15) is 6.61 Å². The number of benzene rings is 1. The van der Waals surface area contributed by atoms with Crippen LogP contribution in [-0.4, -0.2) is 17.5 Å². The molecule has 0 bridgehead atoms. The highest BCUT2D eigenvalue weighted by atomic mass is 35.5. The van der Waals surface area contributed by atoms with Crippen LogP contribution >= 0.6 is 11.6 Å². The summed E-state index contributed by atoms with van der Waals surface area (Å²) in [5.41, 5.74) is 5.30. The Balaban J connectivity index is 2.95. The Kier molecular flexibility index (Phi) is 4.06. The Morgan fingerprint density at radius 3 is 2.76 bits per heavy atom. The SMILES string of the molecule is C=C(Cl)COC(=O)c1cc([N+](=O)[O-])ccc1N. The minimum atomic E-state index is -0.784. The lowest BCUT2D eigenvalue weighted by Crippen LogP contribution is -2.09. The number of ether oxygens (including phenoxy) is 1. The summed E-state index contributed by atoms with van der Waals surface area (Å²) in [7, 11) is 0. The van der Waals surface area contributed by atoms with Crippen molar-refractivity contribution < 1.29 is 14.5 Å². The number of nitrogen functional groups attached to an aromatic ring is 1. The van der Waals surface area contributed by atoms with E-state index in [1.165, 1.54) is 12.1 Å². The number of esters is 1. The Bertz CT molecular complexity index is 487. The fourth-order valence-corrected chi connectivity index (χ4v) is 1.11. The van der Waals surface area contributed by atoms with Crippen LogP contribution in [0.1, 0.15) is 10.4 Å². The summed E-state index contributed by atoms with van der Waals surface area (Å²) in [5, 5.41) is 10.7. The molecule has 0 aliphatic rings. The highest BCUT2D eigenvalue weighted by Crippen LogP contribution is 2.20. The molecule has 6 nitrogen and oxygen atoms in total. The topological polar surface area (TPSA) is 95.5 Å². The summed E-state index contributed by atoms with van der Waals surface area (Å²) >= 11 is 5.42. The van der Waals surface area contributed by atoms with Gasteiger partial charge in [-0.3, -0.25) is 10.1 Å². The molecule has 0 amide bonds. The second kappa shape index (κ2) is 5.31. The zero-order valence-corrected chi connectivity index (χ0v) is 9.44. The largest absolute Gasteiger partial charge is 0.456 e. The second-order valence-corrected chi connectivity index (χ2v) is 3.66. The number of nitrogens with two attached hydrogens (primary N) is 1. The predicted molar refractivity (Wildman–Crippen MR) is 62.8 cm³/mol. The summed E-state index contributed by atoms with van der Waals surface area (Å²) in [5.74, 6) is -0.784. The molecule has 0 fully saturated rings. The number of nitro groups is 1. The van der Waals surface area contributed by atoms with Crippen molar-refractivity contribution in [2.45, 2.75) is 0 Å². The van der Waals surface area contributed by atoms with Crippen molar-refractivity contribution in [3.8, 4) is 0 Å². The molecule has 2 N–H and O–H groups in total. The van der Waals surface area contributed by atoms with Gasteiger partial charge in [0, 0.05) is 22.9 Å². The van der Waals surface area contributed by atoms with Crippen molar-refractivity contribution in [2.75, 3.05) is 12.3 Å². The first-order chi connectivity index (χ1) is 7.91. The van der Waals surface area contributed by atoms with Crippen LogP contribution in [0.15, 0.2) is 29.8 Å². The average Bonchev–Trinajstić information content (AvgIpc) is 2.26. The molecule has 0 atom stereocenters. The van der Waals surface area contributed by atoms with Crippen LogP contribution in [0.3, 0.4) is 0 Å². The van der Waals surface area contributed by atoms with E-state index in [1.807, 2.05) is 0 Å². The number of non-ortho nitro benzene ring substituents is 1. The third-order valence-electron chi connectivity index (χ3n) is 1.83. The van der Waals surface area contributed by atoms with Gasteiger partial charge in [-0.2, -0.15) is 0 Å². The standard InChI is InChI=1S/C10H9ClN2O4/c1-6(11)5-17-10(14)8-4-7(13(15)16)2-3-9(8)12/h2-4H,1,5,12H2. The second-order valence-electron chi connectivity index (χ2n) is 3.12. The van der Waals surface area contributed by atoms with Crippen molar-refractivity contribution in [1.29, 1.82) is 0 Å². The molecule has 17 heavy (non-hydrogen) atoms. The van der Waals surface area contributed by atoms with E-state index in [4.69, 9.17) is 22.1 Å². The number of anilines is 1. The van der Waals surface area contributed by atoms with E-state index in [9.17, 15) is 14.9 Å². The van der Waals surface area contributed by atoms with Gasteiger partial charge in [0.2, 0.25) is 0 Å². The molecule has 0 spiro atoms. The van der Waals surface area contributed by atoms with Crippen molar-refractivity contribution in [3.63, 3.8) is 0 Å². The molecule has 0 unspecified atom stereocenters. The number of nitro benzene ring substituents is 1. The van der Waals surface area contributed by atoms with Crippen molar-refractivity contribution in [1.82, 2.24) is 0 Å². The van der Waals surface area contributed by atoms with Crippen LogP contribution in [-0.2, 0) is 4.74 Å². The molecule has 1 aromatic rings. The van der Waals surface area contributed by atoms with E-state index >= 15 is 0 Å². The van der Waals surface area contributed by atoms with E-state index in [1.54, 1.807) is 0 Å². The summed E-state index contributed by atoms with van der Waals surface area (Å²) < 4.78 is 4.73. The highest BCUT2D eigenvalue weighted by Gasteiger charge is 2.16. The number of rotatable bonds is 4. The predicted octanol–water partition coefficient (Wildman–Crippen LogP) is 2.09. The molecule has 90 valence electrons. The minimum Gasteiger partial charge on any atom is -0.456 e. The third-order valence-corrected chi connectivity index (χ3v) is 1.94. The fourth-order valence-electron chi connectivity index (χ4n) is 1.06. The van der Waals surface area contributed by atoms with Crippen molar-refractivity contribution in [3.05, 3.63) is 45.5 Å². The number of hydrogen-bond donors (Lipinski definition) is 1. The minimum absolute atomic E-state index is 0.0721. The highest BCUT2D eigenvalue weighted by molar-refractivity contribution is 6.29. The maximum absolute atomic E-state index is 11.5. The molecule has 1 rings (SSSR count). The van der Waals surface area contributed by atoms with E-state index in [-0.39, 0.29) is 28.6 Å². The molecule has 0 radical (unpaired) electrons. The first kappa shape index (κ1) is 13.0. The normalized spacial score (nSPS) is 9.71. The van der Waals surface area contributed by atoms with Crippen LogP contribution in [0.2, 0.25) is 0 Å². The maximum Gasteiger partial charge on any atom is 0.340 e. The smallest absolute Gasteiger partial charge is 0.340 e. The molecule has 7 heteroatoms. The summed E-state index contributed by atoms with van der Waals surface area (Å²) in [6.45, 7) is 3.16. The van der Waals surface area contributed by atoms with Gasteiger partial charge in [0.05, 0.1) is 10.5 Å². The molecule has 1 aromatic carbocycles. The summed E-state index contributed by atoms with van der Waals surface area (Å²) in [4.78, 5) is 21.4. The summed E-state index contributed by atoms with van der Waals surface area (Å²) in [6.07, 6.45) is 0. The first-order valence-corrected chi connectivity index (χ1v) is 4.84. The quantitative estimate of drug-likeness (QED) is 0.385. The van der Waals surface area contributed by atoms with E-state index < -0.39 is 10.9 Å². The maximum atomic E-state index is 11.5. The van der Waals surface area contributed by atoms with Gasteiger partial charge in [0.15, 0.2) is 0 Å². The third kappa shape index (κ3) is 3.46. The van der Waals surface area contributed by atoms with Crippen LogP contribution in [0.25, 0.3) is 0 Å². The van der Waals surface area contributed by atoms with Crippen molar-refractivity contribution in [2.24, 2.45) is 0 Å². The molecule has 0 aliphatic carbocycles. The van der Waals surface area contributed by atoms with Gasteiger partial charge in [-0.15, -0.1) is 0 Å². The van der Waals surface area contributed by atoms with Gasteiger partial charge >= 0.3 is 5.97 Å². The molecular formula is C10H9ClN2O4. The van der Waals surface area contributed by atoms with Crippen LogP contribution in [0, 0.1) is 10.1 Å². The zero-order chi connectivity index (χ0) is 13.0. The lowest BCUT2D eigenvalue weighted by molar-refractivity contribution is -0.384. The Morgan fingerprint density at radius 1 is 1.59 bits per heavy atom. The molecule has 0 saturated heterocycles. The Morgan fingerprint density at radius 2 is 2.24 bits per heavy atom. The first-order valence-electron chi connectivity index (χ1n) is 4.46. The molecule has 0 aromatic heterocycles. The fraction of sp³-hybridized carbons (Fsp3) is 0.100. The van der Waals surface area contributed by atoms with Gasteiger partial charge < -0.3 is 10.5 Å². The number of hydrogen-bond acceptors (Lipinski definition) is 5. The molecule has 0 saturated carbocycles. The molecule has 0 aliphatic heterocycles. The molecular weight excluding hydrogens is 248 g/mol. The Labute approximate surface area is 102 Å². The Hall–Kier alpha value is -2.08. The lowest BCUT2D eigenvalue weighted by Gasteiger charge is -2.05. The van der Waals surface area contributed by atoms with Gasteiger partial charge in [-0.25, -0.2) is 4.79 Å². The number of halogens is 1. The van der Waals surface area contributed by atoms with Crippen LogP contribution in [0.5, 0.6) is 0 Å². The average molecular weight is 257 g/mol. The molecule has 0 heterocycles. The van der Waals surface area contributed by atoms with Gasteiger partial charge in [-0.05, 0) is 6.07 Å².